The number of aryl methyl sites for hydroxylation is 1. The summed E-state index contributed by atoms with van der Waals surface area (Å²) in [5, 5.41) is 2.21. The number of rotatable bonds is 6. The van der Waals surface area contributed by atoms with Gasteiger partial charge in [-0.2, -0.15) is 0 Å². The van der Waals surface area contributed by atoms with Crippen LogP contribution in [0.15, 0.2) is 23.6 Å². The van der Waals surface area contributed by atoms with Crippen LogP contribution in [0.5, 0.6) is 5.75 Å². The Morgan fingerprint density at radius 1 is 1.21 bits per heavy atom. The first-order chi connectivity index (χ1) is 16.6. The van der Waals surface area contributed by atoms with E-state index in [0.29, 0.717) is 31.8 Å². The molecule has 1 saturated carbocycles. The first kappa shape index (κ1) is 22.5. The van der Waals surface area contributed by atoms with Crippen LogP contribution >= 0.6 is 11.3 Å². The highest BCUT2D eigenvalue weighted by Crippen LogP contribution is 2.36. The molecule has 2 aromatic rings. The fourth-order valence-electron chi connectivity index (χ4n) is 5.89. The minimum Gasteiger partial charge on any atom is -0.491 e. The largest absolute Gasteiger partial charge is 0.491 e. The van der Waals surface area contributed by atoms with Crippen molar-refractivity contribution < 1.29 is 9.53 Å². The van der Waals surface area contributed by atoms with Crippen LogP contribution in [-0.4, -0.2) is 54.5 Å². The number of thiophene rings is 1. The number of hydrogen-bond donors (Lipinski definition) is 2. The Bertz CT molecular complexity index is 1050. The number of carbonyl (C=O) groups excluding carboxylic acids is 1. The summed E-state index contributed by atoms with van der Waals surface area (Å²) >= 11 is 1.64. The normalized spacial score (nSPS) is 24.5. The van der Waals surface area contributed by atoms with Gasteiger partial charge in [-0.1, -0.05) is 6.07 Å². The number of hydrazine groups is 1. The van der Waals surface area contributed by atoms with E-state index in [1.165, 1.54) is 48.8 Å². The Morgan fingerprint density at radius 3 is 2.97 bits per heavy atom. The van der Waals surface area contributed by atoms with Gasteiger partial charge in [0, 0.05) is 37.3 Å². The third-order valence-electron chi connectivity index (χ3n) is 7.88. The van der Waals surface area contributed by atoms with Crippen molar-refractivity contribution in [3.05, 3.63) is 50.7 Å². The summed E-state index contributed by atoms with van der Waals surface area (Å²) in [7, 11) is 2.20. The number of fused-ring (bicyclic) bond motifs is 2. The van der Waals surface area contributed by atoms with E-state index in [4.69, 9.17) is 4.74 Å². The fraction of sp³-hybridized carbons (Fsp3) is 0.593. The third kappa shape index (κ3) is 4.76. The number of hydrogen-bond acceptors (Lipinski definition) is 6. The first-order valence-corrected chi connectivity index (χ1v) is 13.8. The molecule has 2 N–H and O–H groups in total. The maximum absolute atomic E-state index is 13.5. The monoisotopic (exact) mass is 480 g/mol. The average molecular weight is 481 g/mol. The summed E-state index contributed by atoms with van der Waals surface area (Å²) in [5.74, 6) is 1.98. The van der Waals surface area contributed by atoms with Crippen LogP contribution in [0.25, 0.3) is 0 Å². The third-order valence-corrected chi connectivity index (χ3v) is 8.94. The molecule has 7 heteroatoms. The first-order valence-electron chi connectivity index (χ1n) is 13.0. The van der Waals surface area contributed by atoms with Crippen molar-refractivity contribution in [3.63, 3.8) is 0 Å². The Labute approximate surface area is 206 Å². The summed E-state index contributed by atoms with van der Waals surface area (Å²) in [5.41, 5.74) is 12.1. The maximum Gasteiger partial charge on any atom is 0.264 e. The second-order valence-electron chi connectivity index (χ2n) is 10.7. The minimum absolute atomic E-state index is 0.178. The van der Waals surface area contributed by atoms with Gasteiger partial charge in [0.15, 0.2) is 0 Å². The Morgan fingerprint density at radius 2 is 2.09 bits per heavy atom. The molecule has 2 atom stereocenters. The quantitative estimate of drug-likeness (QED) is 0.660. The SMILES string of the molecule is CN(Cc1ccc2c(c1)CN(C(=O)c1scc3c1CCCC3)CCO2)CC1CC(C2CC2)NN1. The second-order valence-corrected chi connectivity index (χ2v) is 11.5. The van der Waals surface area contributed by atoms with Crippen LogP contribution in [-0.2, 0) is 25.9 Å². The van der Waals surface area contributed by atoms with E-state index in [1.807, 2.05) is 4.90 Å². The highest BCUT2D eigenvalue weighted by Gasteiger charge is 2.36. The van der Waals surface area contributed by atoms with Gasteiger partial charge in [0.25, 0.3) is 5.91 Å². The van der Waals surface area contributed by atoms with E-state index in [0.717, 1.165) is 48.0 Å². The van der Waals surface area contributed by atoms with E-state index in [2.05, 4.69) is 46.4 Å². The van der Waals surface area contributed by atoms with Crippen LogP contribution in [0, 0.1) is 5.92 Å². The summed E-state index contributed by atoms with van der Waals surface area (Å²) in [6.07, 6.45) is 8.59. The molecule has 2 aliphatic heterocycles. The van der Waals surface area contributed by atoms with Gasteiger partial charge >= 0.3 is 0 Å². The molecule has 2 unspecified atom stereocenters. The highest BCUT2D eigenvalue weighted by molar-refractivity contribution is 7.12. The molecule has 6 rings (SSSR count). The average Bonchev–Trinajstić information content (AvgIpc) is 3.50. The van der Waals surface area contributed by atoms with Crippen LogP contribution in [0.3, 0.4) is 0 Å². The lowest BCUT2D eigenvalue weighted by molar-refractivity contribution is 0.0737. The van der Waals surface area contributed by atoms with Crippen LogP contribution in [0.4, 0.5) is 0 Å². The number of nitrogens with zero attached hydrogens (tertiary/aromatic N) is 2. The predicted molar refractivity (Wildman–Crippen MR) is 135 cm³/mol. The van der Waals surface area contributed by atoms with Gasteiger partial charge in [0.2, 0.25) is 0 Å². The number of ether oxygens (including phenoxy) is 1. The molecule has 3 heterocycles. The van der Waals surface area contributed by atoms with E-state index in [-0.39, 0.29) is 5.91 Å². The fourth-order valence-corrected chi connectivity index (χ4v) is 7.02. The molecule has 0 bridgehead atoms. The number of benzene rings is 1. The lowest BCUT2D eigenvalue weighted by atomic mass is 9.93. The molecule has 182 valence electrons. The van der Waals surface area contributed by atoms with E-state index < -0.39 is 0 Å². The summed E-state index contributed by atoms with van der Waals surface area (Å²) < 4.78 is 6.04. The summed E-state index contributed by atoms with van der Waals surface area (Å²) in [6.45, 7) is 3.73. The molecule has 0 radical (unpaired) electrons. The molecule has 6 nitrogen and oxygen atoms in total. The molecule has 4 aliphatic rings. The van der Waals surface area contributed by atoms with Crippen molar-refractivity contribution in [1.29, 1.82) is 0 Å². The minimum atomic E-state index is 0.178. The van der Waals surface area contributed by atoms with Crippen LogP contribution in [0.2, 0.25) is 0 Å². The van der Waals surface area contributed by atoms with Crippen molar-refractivity contribution in [2.24, 2.45) is 5.92 Å². The van der Waals surface area contributed by atoms with E-state index in [9.17, 15) is 4.79 Å². The Kier molecular flexibility index (Phi) is 6.37. The molecule has 1 aromatic heterocycles. The van der Waals surface area contributed by atoms with Gasteiger partial charge in [-0.25, -0.2) is 0 Å². The summed E-state index contributed by atoms with van der Waals surface area (Å²) in [4.78, 5) is 18.8. The zero-order chi connectivity index (χ0) is 23.1. The molecule has 2 aliphatic carbocycles. The van der Waals surface area contributed by atoms with Crippen LogP contribution in [0.1, 0.15) is 64.0 Å². The van der Waals surface area contributed by atoms with Gasteiger partial charge in [0.1, 0.15) is 12.4 Å². The lowest BCUT2D eigenvalue weighted by Crippen LogP contribution is -2.39. The number of nitrogens with one attached hydrogen (secondary N) is 2. The Hall–Kier alpha value is -1.93. The molecule has 34 heavy (non-hydrogen) atoms. The molecule has 0 spiro atoms. The van der Waals surface area contributed by atoms with Crippen molar-refractivity contribution in [2.75, 3.05) is 26.7 Å². The zero-order valence-electron chi connectivity index (χ0n) is 20.1. The Balaban J connectivity index is 1.11. The van der Waals surface area contributed by atoms with Gasteiger partial charge in [-0.05, 0) is 92.1 Å². The maximum atomic E-state index is 13.5. The lowest BCUT2D eigenvalue weighted by Gasteiger charge is -2.22. The van der Waals surface area contributed by atoms with Crippen molar-refractivity contribution in [1.82, 2.24) is 20.7 Å². The smallest absolute Gasteiger partial charge is 0.264 e. The van der Waals surface area contributed by atoms with Gasteiger partial charge in [-0.15, -0.1) is 11.3 Å². The van der Waals surface area contributed by atoms with Crippen LogP contribution < -0.4 is 15.6 Å². The zero-order valence-corrected chi connectivity index (χ0v) is 21.0. The predicted octanol–water partition coefficient (Wildman–Crippen LogP) is 3.74. The molecule has 1 amide bonds. The number of likely N-dealkylation sites (N-methyl/N-ethyl adjacent to an activating group) is 1. The molecular formula is C27H36N4O2S. The highest BCUT2D eigenvalue weighted by atomic mass is 32.1. The van der Waals surface area contributed by atoms with E-state index >= 15 is 0 Å². The van der Waals surface area contributed by atoms with Crippen molar-refractivity contribution in [2.45, 2.75) is 70.1 Å². The van der Waals surface area contributed by atoms with Gasteiger partial charge < -0.3 is 14.5 Å². The number of carbonyl (C=O) groups is 1. The second kappa shape index (κ2) is 9.61. The van der Waals surface area contributed by atoms with E-state index in [1.54, 1.807) is 11.3 Å². The molecule has 2 fully saturated rings. The van der Waals surface area contributed by atoms with Crippen molar-refractivity contribution in [3.8, 4) is 5.75 Å². The van der Waals surface area contributed by atoms with Gasteiger partial charge in [0.05, 0.1) is 11.4 Å². The standard InChI is InChI=1S/C27H36N4O2S/c1-30(16-22-13-24(29-28-22)19-7-8-19)14-18-6-9-25-21(12-18)15-31(10-11-33-25)27(32)26-23-5-3-2-4-20(23)17-34-26/h6,9,12,17,19,22,24,28-29H,2-5,7-8,10-11,13-16H2,1H3. The van der Waals surface area contributed by atoms with Crippen molar-refractivity contribution >= 4 is 17.2 Å². The number of amides is 1. The van der Waals surface area contributed by atoms with Gasteiger partial charge in [-0.3, -0.25) is 15.6 Å². The molecular weight excluding hydrogens is 444 g/mol. The molecule has 1 aromatic carbocycles. The molecule has 1 saturated heterocycles. The topological polar surface area (TPSA) is 56.8 Å². The summed E-state index contributed by atoms with van der Waals surface area (Å²) in [6, 6.07) is 7.67.